The SMILES string of the molecule is Cc1cccc(C)c1NC(=O)C[PH]1(CC(=O)OCc2ccccc2)CCCC1. The van der Waals surface area contributed by atoms with Gasteiger partial charge in [-0.1, -0.05) is 0 Å². The molecule has 5 heteroatoms. The van der Waals surface area contributed by atoms with E-state index in [1.165, 1.54) is 0 Å². The normalized spacial score (nSPS) is 16.4. The van der Waals surface area contributed by atoms with Crippen molar-refractivity contribution in [2.24, 2.45) is 0 Å². The number of amides is 1. The van der Waals surface area contributed by atoms with Gasteiger partial charge in [-0.3, -0.25) is 0 Å². The first-order chi connectivity index (χ1) is 13.5. The molecule has 0 aromatic heterocycles. The Morgan fingerprint density at radius 1 is 0.929 bits per heavy atom. The van der Waals surface area contributed by atoms with Gasteiger partial charge < -0.3 is 0 Å². The van der Waals surface area contributed by atoms with Crippen LogP contribution in [-0.2, 0) is 20.9 Å². The van der Waals surface area contributed by atoms with E-state index in [2.05, 4.69) is 5.32 Å². The molecule has 1 N–H and O–H groups in total. The molecule has 0 radical (unpaired) electrons. The molecule has 0 unspecified atom stereocenters. The predicted molar refractivity (Wildman–Crippen MR) is 118 cm³/mol. The quantitative estimate of drug-likeness (QED) is 0.550. The second kappa shape index (κ2) is 9.34. The summed E-state index contributed by atoms with van der Waals surface area (Å²) in [4.78, 5) is 25.3. The molecule has 1 saturated heterocycles. The summed E-state index contributed by atoms with van der Waals surface area (Å²) in [6.45, 7) is 4.32. The summed E-state index contributed by atoms with van der Waals surface area (Å²) < 4.78 is 5.52. The average molecular weight is 399 g/mol. The molecule has 150 valence electrons. The van der Waals surface area contributed by atoms with E-state index in [4.69, 9.17) is 4.74 Å². The molecule has 1 amide bonds. The maximum absolute atomic E-state index is 12.8. The molecule has 1 aliphatic rings. The molecule has 28 heavy (non-hydrogen) atoms. The van der Waals surface area contributed by atoms with Crippen molar-refractivity contribution in [1.29, 1.82) is 0 Å². The van der Waals surface area contributed by atoms with Gasteiger partial charge in [0, 0.05) is 0 Å². The van der Waals surface area contributed by atoms with E-state index in [-0.39, 0.29) is 11.9 Å². The Kier molecular flexibility index (Phi) is 6.85. The van der Waals surface area contributed by atoms with Gasteiger partial charge in [0.1, 0.15) is 0 Å². The topological polar surface area (TPSA) is 55.4 Å². The molecule has 0 spiro atoms. The number of hydrogen-bond acceptors (Lipinski definition) is 3. The molecule has 0 bridgehead atoms. The van der Waals surface area contributed by atoms with Gasteiger partial charge in [0.05, 0.1) is 0 Å². The van der Waals surface area contributed by atoms with E-state index in [1.807, 2.05) is 62.4 Å². The molecule has 1 aliphatic heterocycles. The number of esters is 1. The van der Waals surface area contributed by atoms with Gasteiger partial charge in [0.2, 0.25) is 0 Å². The Balaban J connectivity index is 1.60. The van der Waals surface area contributed by atoms with Crippen LogP contribution in [0.4, 0.5) is 5.69 Å². The summed E-state index contributed by atoms with van der Waals surface area (Å²) in [7, 11) is -1.97. The fourth-order valence-corrected chi connectivity index (χ4v) is 8.74. The van der Waals surface area contributed by atoms with E-state index in [0.717, 1.165) is 47.5 Å². The second-order valence-electron chi connectivity index (χ2n) is 8.02. The van der Waals surface area contributed by atoms with Crippen LogP contribution in [0.5, 0.6) is 0 Å². The Hall–Kier alpha value is -2.19. The first-order valence-electron chi connectivity index (χ1n) is 10.0. The van der Waals surface area contributed by atoms with Crippen LogP contribution in [0.1, 0.15) is 29.5 Å². The van der Waals surface area contributed by atoms with Crippen LogP contribution in [-0.4, -0.2) is 36.5 Å². The number of carbonyl (C=O) groups excluding carboxylic acids is 2. The zero-order chi connectivity index (χ0) is 20.0. The van der Waals surface area contributed by atoms with Gasteiger partial charge in [-0.25, -0.2) is 0 Å². The van der Waals surface area contributed by atoms with E-state index >= 15 is 0 Å². The predicted octanol–water partition coefficient (Wildman–Crippen LogP) is 4.53. The summed E-state index contributed by atoms with van der Waals surface area (Å²) in [5, 5.41) is 3.10. The van der Waals surface area contributed by atoms with Crippen LogP contribution in [0.2, 0.25) is 0 Å². The fourth-order valence-electron chi connectivity index (χ4n) is 4.17. The van der Waals surface area contributed by atoms with Crippen LogP contribution in [0.3, 0.4) is 0 Å². The molecular weight excluding hydrogens is 369 g/mol. The number of nitrogens with one attached hydrogen (secondary N) is 1. The summed E-state index contributed by atoms with van der Waals surface area (Å²) >= 11 is 0. The summed E-state index contributed by atoms with van der Waals surface area (Å²) in [5.41, 5.74) is 4.03. The number of aryl methyl sites for hydroxylation is 2. The van der Waals surface area contributed by atoms with Crippen molar-refractivity contribution in [3.8, 4) is 0 Å². The third-order valence-electron chi connectivity index (χ3n) is 5.71. The zero-order valence-electron chi connectivity index (χ0n) is 16.8. The minimum atomic E-state index is -1.97. The minimum absolute atomic E-state index is 0.0434. The van der Waals surface area contributed by atoms with Crippen molar-refractivity contribution < 1.29 is 14.3 Å². The van der Waals surface area contributed by atoms with E-state index in [0.29, 0.717) is 18.9 Å². The third-order valence-corrected chi connectivity index (χ3v) is 10.6. The standard InChI is InChI=1S/C23H30NO3P/c1-18-9-8-10-19(2)23(18)24-21(25)16-28(13-6-7-14-28)17-22(26)27-15-20-11-4-3-5-12-20/h3-5,8-12,28H,6-7,13-17H2,1-2H3,(H,24,25). The molecule has 1 fully saturated rings. The number of ether oxygens (including phenoxy) is 1. The van der Waals surface area contributed by atoms with E-state index in [1.54, 1.807) is 0 Å². The number of para-hydroxylation sites is 1. The van der Waals surface area contributed by atoms with Crippen molar-refractivity contribution in [3.05, 3.63) is 65.2 Å². The Bertz CT molecular complexity index is 809. The molecule has 0 atom stereocenters. The number of benzene rings is 2. The van der Waals surface area contributed by atoms with Crippen LogP contribution < -0.4 is 5.32 Å². The summed E-state index contributed by atoms with van der Waals surface area (Å²) in [5.74, 6) is -0.112. The van der Waals surface area contributed by atoms with Crippen LogP contribution in [0.25, 0.3) is 0 Å². The first kappa shape index (κ1) is 20.5. The van der Waals surface area contributed by atoms with Crippen LogP contribution in [0, 0.1) is 13.8 Å². The fraction of sp³-hybridized carbons (Fsp3) is 0.391. The van der Waals surface area contributed by atoms with Gasteiger partial charge >= 0.3 is 168 Å². The van der Waals surface area contributed by atoms with E-state index < -0.39 is 7.26 Å². The van der Waals surface area contributed by atoms with Gasteiger partial charge in [0.15, 0.2) is 0 Å². The van der Waals surface area contributed by atoms with Gasteiger partial charge in [-0.2, -0.15) is 0 Å². The molecule has 4 nitrogen and oxygen atoms in total. The summed E-state index contributed by atoms with van der Waals surface area (Å²) in [6.07, 6.45) is 5.26. The van der Waals surface area contributed by atoms with Crippen LogP contribution in [0.15, 0.2) is 48.5 Å². The Morgan fingerprint density at radius 3 is 2.21 bits per heavy atom. The number of anilines is 1. The summed E-state index contributed by atoms with van der Waals surface area (Å²) in [6, 6.07) is 15.7. The Labute approximate surface area is 168 Å². The second-order valence-corrected chi connectivity index (χ2v) is 12.7. The Morgan fingerprint density at radius 2 is 1.57 bits per heavy atom. The number of hydrogen-bond donors (Lipinski definition) is 1. The van der Waals surface area contributed by atoms with Crippen molar-refractivity contribution in [2.75, 3.05) is 30.0 Å². The molecule has 1 heterocycles. The monoisotopic (exact) mass is 399 g/mol. The first-order valence-corrected chi connectivity index (χ1v) is 12.9. The molecule has 2 aromatic rings. The van der Waals surface area contributed by atoms with Gasteiger partial charge in [-0.15, -0.1) is 0 Å². The average Bonchev–Trinajstić information content (AvgIpc) is 3.12. The molecule has 0 saturated carbocycles. The molecular formula is C23H30NO3P. The van der Waals surface area contributed by atoms with Gasteiger partial charge in [0.25, 0.3) is 0 Å². The maximum atomic E-state index is 12.8. The van der Waals surface area contributed by atoms with Gasteiger partial charge in [-0.05, 0) is 0 Å². The zero-order valence-corrected chi connectivity index (χ0v) is 17.8. The third kappa shape index (κ3) is 5.42. The molecule has 3 rings (SSSR count). The number of carbonyl (C=O) groups is 2. The number of rotatable bonds is 7. The van der Waals surface area contributed by atoms with Crippen molar-refractivity contribution >= 4 is 24.8 Å². The van der Waals surface area contributed by atoms with Crippen molar-refractivity contribution in [3.63, 3.8) is 0 Å². The molecule has 2 aromatic carbocycles. The van der Waals surface area contributed by atoms with Crippen LogP contribution >= 0.6 is 7.26 Å². The van der Waals surface area contributed by atoms with Crippen molar-refractivity contribution in [2.45, 2.75) is 33.3 Å². The van der Waals surface area contributed by atoms with E-state index in [9.17, 15) is 9.59 Å². The van der Waals surface area contributed by atoms with Crippen molar-refractivity contribution in [1.82, 2.24) is 0 Å². The molecule has 0 aliphatic carbocycles.